The van der Waals surface area contributed by atoms with Crippen LogP contribution >= 0.6 is 0 Å². The Balaban J connectivity index is 1.82. The number of fused-ring (bicyclic) bond motifs is 1. The lowest BCUT2D eigenvalue weighted by atomic mass is 9.99. The van der Waals surface area contributed by atoms with Gasteiger partial charge in [-0.3, -0.25) is 0 Å². The Morgan fingerprint density at radius 1 is 1.24 bits per heavy atom. The molecule has 1 aromatic heterocycles. The fourth-order valence-corrected chi connectivity index (χ4v) is 3.16. The van der Waals surface area contributed by atoms with Crippen LogP contribution in [0.25, 0.3) is 0 Å². The van der Waals surface area contributed by atoms with Crippen LogP contribution in [0.1, 0.15) is 34.6 Å². The lowest BCUT2D eigenvalue weighted by Crippen LogP contribution is -2.28. The lowest BCUT2D eigenvalue weighted by Gasteiger charge is -2.30. The Morgan fingerprint density at radius 3 is 2.90 bits per heavy atom. The first-order chi connectivity index (χ1) is 10.2. The van der Waals surface area contributed by atoms with E-state index >= 15 is 0 Å². The average molecular weight is 284 g/mol. The quantitative estimate of drug-likeness (QED) is 0.930. The third-order valence-electron chi connectivity index (χ3n) is 4.21. The van der Waals surface area contributed by atoms with E-state index in [9.17, 15) is 0 Å². The van der Waals surface area contributed by atoms with Crippen molar-refractivity contribution in [2.24, 2.45) is 0 Å². The number of nitrogens with zero attached hydrogens (tertiary/aromatic N) is 1. The zero-order chi connectivity index (χ0) is 14.8. The van der Waals surface area contributed by atoms with Gasteiger partial charge in [0.05, 0.1) is 13.1 Å². The molecule has 0 saturated carbocycles. The van der Waals surface area contributed by atoms with Crippen LogP contribution in [0.5, 0.6) is 0 Å². The van der Waals surface area contributed by atoms with Gasteiger partial charge in [-0.05, 0) is 57.0 Å². The third-order valence-corrected chi connectivity index (χ3v) is 4.21. The summed E-state index contributed by atoms with van der Waals surface area (Å²) < 4.78 is 5.99. The highest BCUT2D eigenvalue weighted by Gasteiger charge is 2.18. The molecule has 21 heavy (non-hydrogen) atoms. The Kier molecular flexibility index (Phi) is 4.02. The summed E-state index contributed by atoms with van der Waals surface area (Å²) in [7, 11) is 1.95. The van der Waals surface area contributed by atoms with Gasteiger partial charge in [-0.2, -0.15) is 0 Å². The molecule has 3 nitrogen and oxygen atoms in total. The van der Waals surface area contributed by atoms with Crippen molar-refractivity contribution in [3.63, 3.8) is 0 Å². The van der Waals surface area contributed by atoms with E-state index in [-0.39, 0.29) is 0 Å². The molecule has 0 spiro atoms. The summed E-state index contributed by atoms with van der Waals surface area (Å²) in [4.78, 5) is 2.44. The highest BCUT2D eigenvalue weighted by atomic mass is 16.3. The molecule has 0 unspecified atom stereocenters. The molecule has 0 atom stereocenters. The van der Waals surface area contributed by atoms with E-state index in [2.05, 4.69) is 48.3 Å². The Bertz CT molecular complexity index is 630. The normalized spacial score (nSPS) is 14.3. The van der Waals surface area contributed by atoms with Crippen LogP contribution in [0.3, 0.4) is 0 Å². The van der Waals surface area contributed by atoms with Crippen LogP contribution in [0.2, 0.25) is 0 Å². The van der Waals surface area contributed by atoms with Crippen molar-refractivity contribution in [2.45, 2.75) is 39.8 Å². The second-order valence-electron chi connectivity index (χ2n) is 6.01. The maximum absolute atomic E-state index is 5.99. The topological polar surface area (TPSA) is 28.4 Å². The smallest absolute Gasteiger partial charge is 0.123 e. The number of benzene rings is 1. The number of anilines is 1. The minimum absolute atomic E-state index is 0.793. The first-order valence-electron chi connectivity index (χ1n) is 7.74. The highest BCUT2D eigenvalue weighted by Crippen LogP contribution is 2.30. The molecule has 0 aliphatic carbocycles. The van der Waals surface area contributed by atoms with Gasteiger partial charge in [0.1, 0.15) is 11.5 Å². The first-order valence-corrected chi connectivity index (χ1v) is 7.74. The fraction of sp³-hybridized carbons (Fsp3) is 0.444. The third kappa shape index (κ3) is 2.98. The van der Waals surface area contributed by atoms with Gasteiger partial charge in [0.25, 0.3) is 0 Å². The number of furan rings is 1. The molecule has 2 heterocycles. The molecule has 0 fully saturated rings. The Morgan fingerprint density at radius 2 is 2.10 bits per heavy atom. The summed E-state index contributed by atoms with van der Waals surface area (Å²) in [6.45, 7) is 7.05. The van der Waals surface area contributed by atoms with Gasteiger partial charge < -0.3 is 14.6 Å². The molecule has 2 aromatic rings. The summed E-state index contributed by atoms with van der Waals surface area (Å²) in [5, 5.41) is 3.16. The van der Waals surface area contributed by atoms with E-state index in [4.69, 9.17) is 4.42 Å². The van der Waals surface area contributed by atoms with E-state index < -0.39 is 0 Å². The standard InChI is InChI=1S/C18H24N2O/c1-13-6-7-17-15(9-13)5-4-8-20(17)12-16-10-14(2)18(21-16)11-19-3/h6-7,9-10,19H,4-5,8,11-12H2,1-3H3. The number of hydrogen-bond donors (Lipinski definition) is 1. The van der Waals surface area contributed by atoms with E-state index in [0.29, 0.717) is 0 Å². The van der Waals surface area contributed by atoms with Crippen molar-refractivity contribution < 1.29 is 4.42 Å². The van der Waals surface area contributed by atoms with Crippen molar-refractivity contribution in [1.29, 1.82) is 0 Å². The lowest BCUT2D eigenvalue weighted by molar-refractivity contribution is 0.446. The van der Waals surface area contributed by atoms with Gasteiger partial charge in [-0.15, -0.1) is 0 Å². The zero-order valence-corrected chi connectivity index (χ0v) is 13.2. The maximum Gasteiger partial charge on any atom is 0.123 e. The van der Waals surface area contributed by atoms with Gasteiger partial charge in [-0.1, -0.05) is 17.7 Å². The molecule has 3 rings (SSSR count). The molecular formula is C18H24N2O. The summed E-state index contributed by atoms with van der Waals surface area (Å²) in [5.74, 6) is 2.11. The molecule has 0 saturated heterocycles. The van der Waals surface area contributed by atoms with E-state index in [1.807, 2.05) is 7.05 Å². The van der Waals surface area contributed by atoms with Crippen LogP contribution in [0, 0.1) is 13.8 Å². The molecule has 112 valence electrons. The minimum atomic E-state index is 0.793. The van der Waals surface area contributed by atoms with Crippen LogP contribution in [0.4, 0.5) is 5.69 Å². The van der Waals surface area contributed by atoms with E-state index in [0.717, 1.165) is 31.2 Å². The SMILES string of the molecule is CNCc1oc(CN2CCCc3cc(C)ccc32)cc1C. The summed E-state index contributed by atoms with van der Waals surface area (Å²) in [5.41, 5.74) is 5.43. The number of nitrogens with one attached hydrogen (secondary N) is 1. The van der Waals surface area contributed by atoms with Crippen molar-refractivity contribution in [1.82, 2.24) is 5.32 Å². The second-order valence-corrected chi connectivity index (χ2v) is 6.01. The Hall–Kier alpha value is -1.74. The summed E-state index contributed by atoms with van der Waals surface area (Å²) >= 11 is 0. The highest BCUT2D eigenvalue weighted by molar-refractivity contribution is 5.56. The molecule has 0 radical (unpaired) electrons. The fourth-order valence-electron chi connectivity index (χ4n) is 3.16. The average Bonchev–Trinajstić information content (AvgIpc) is 2.79. The van der Waals surface area contributed by atoms with Gasteiger partial charge >= 0.3 is 0 Å². The van der Waals surface area contributed by atoms with Crippen LogP contribution < -0.4 is 10.2 Å². The van der Waals surface area contributed by atoms with Crippen LogP contribution in [-0.4, -0.2) is 13.6 Å². The predicted octanol–water partition coefficient (Wildman–Crippen LogP) is 3.57. The van der Waals surface area contributed by atoms with E-state index in [1.165, 1.54) is 35.2 Å². The molecule has 3 heteroatoms. The molecule has 1 aromatic carbocycles. The molecule has 1 aliphatic rings. The molecule has 1 aliphatic heterocycles. The molecular weight excluding hydrogens is 260 g/mol. The van der Waals surface area contributed by atoms with Crippen LogP contribution in [0.15, 0.2) is 28.7 Å². The Labute approximate surface area is 127 Å². The van der Waals surface area contributed by atoms with Gasteiger partial charge in [0.2, 0.25) is 0 Å². The number of rotatable bonds is 4. The number of hydrogen-bond acceptors (Lipinski definition) is 3. The molecule has 0 bridgehead atoms. The second kappa shape index (κ2) is 5.94. The largest absolute Gasteiger partial charge is 0.463 e. The van der Waals surface area contributed by atoms with Gasteiger partial charge in [-0.25, -0.2) is 0 Å². The molecule has 1 N–H and O–H groups in total. The van der Waals surface area contributed by atoms with Crippen molar-refractivity contribution in [3.05, 3.63) is 52.5 Å². The van der Waals surface area contributed by atoms with Gasteiger partial charge in [0.15, 0.2) is 0 Å². The maximum atomic E-state index is 5.99. The summed E-state index contributed by atoms with van der Waals surface area (Å²) in [6.07, 6.45) is 2.41. The van der Waals surface area contributed by atoms with Crippen molar-refractivity contribution in [2.75, 3.05) is 18.5 Å². The minimum Gasteiger partial charge on any atom is -0.463 e. The monoisotopic (exact) mass is 284 g/mol. The molecule has 0 amide bonds. The van der Waals surface area contributed by atoms with Crippen molar-refractivity contribution in [3.8, 4) is 0 Å². The van der Waals surface area contributed by atoms with Crippen molar-refractivity contribution >= 4 is 5.69 Å². The summed E-state index contributed by atoms with van der Waals surface area (Å²) in [6, 6.07) is 8.96. The predicted molar refractivity (Wildman–Crippen MR) is 86.8 cm³/mol. The van der Waals surface area contributed by atoms with E-state index in [1.54, 1.807) is 0 Å². The van der Waals surface area contributed by atoms with Crippen LogP contribution in [-0.2, 0) is 19.5 Å². The number of aryl methyl sites for hydroxylation is 3. The first kappa shape index (κ1) is 14.2. The zero-order valence-electron chi connectivity index (χ0n) is 13.2. The van der Waals surface area contributed by atoms with Gasteiger partial charge in [0, 0.05) is 12.2 Å².